The molecule has 12 heteroatoms. The first kappa shape index (κ1) is 28.1. The quantitative estimate of drug-likeness (QED) is 0.414. The summed E-state index contributed by atoms with van der Waals surface area (Å²) in [5, 5.41) is 2.79. The smallest absolute Gasteiger partial charge is 0.395 e. The van der Waals surface area contributed by atoms with E-state index in [-0.39, 0.29) is 28.4 Å². The van der Waals surface area contributed by atoms with Crippen LogP contribution in [0.2, 0.25) is 0 Å². The Bertz CT molecular complexity index is 1060. The van der Waals surface area contributed by atoms with Gasteiger partial charge in [-0.15, -0.1) is 0 Å². The molecule has 35 heavy (non-hydrogen) atoms. The molecule has 1 aromatic heterocycles. The van der Waals surface area contributed by atoms with Crippen LogP contribution in [0.4, 0.5) is 24.5 Å². The lowest BCUT2D eigenvalue weighted by atomic mass is 10.0. The van der Waals surface area contributed by atoms with Gasteiger partial charge in [-0.3, -0.25) is 19.3 Å². The van der Waals surface area contributed by atoms with Crippen molar-refractivity contribution in [1.82, 2.24) is 9.69 Å². The molecule has 0 unspecified atom stereocenters. The molecule has 0 bridgehead atoms. The minimum Gasteiger partial charge on any atom is -0.395 e. The Balaban J connectivity index is 2.60. The van der Waals surface area contributed by atoms with Crippen molar-refractivity contribution < 1.29 is 27.6 Å². The first-order valence-electron chi connectivity index (χ1n) is 11.2. The molecule has 0 saturated carbocycles. The van der Waals surface area contributed by atoms with Crippen LogP contribution in [0.1, 0.15) is 72.2 Å². The summed E-state index contributed by atoms with van der Waals surface area (Å²) in [6, 6.07) is 3.06. The third-order valence-corrected chi connectivity index (χ3v) is 6.14. The second kappa shape index (κ2) is 12.0. The number of nitrogens with zero attached hydrogens (tertiary/aromatic N) is 2. The van der Waals surface area contributed by atoms with Crippen LogP contribution in [0.3, 0.4) is 0 Å². The number of hydrogen-bond acceptors (Lipinski definition) is 6. The van der Waals surface area contributed by atoms with Gasteiger partial charge in [0.15, 0.2) is 5.69 Å². The monoisotopic (exact) mass is 513 g/mol. The van der Waals surface area contributed by atoms with Crippen LogP contribution in [-0.4, -0.2) is 34.7 Å². The van der Waals surface area contributed by atoms with Crippen LogP contribution in [0.15, 0.2) is 24.3 Å². The molecule has 2 aromatic rings. The van der Waals surface area contributed by atoms with Crippen LogP contribution in [-0.2, 0) is 11.0 Å². The number of unbranched alkanes of at least 4 members (excludes halogenated alkanes) is 1. The number of amides is 3. The summed E-state index contributed by atoms with van der Waals surface area (Å²) in [5.41, 5.74) is 9.49. The molecular weight excluding hydrogens is 483 g/mol. The normalized spacial score (nSPS) is 12.4. The number of hydrogen-bond donors (Lipinski definition) is 3. The highest BCUT2D eigenvalue weighted by atomic mass is 32.1. The fourth-order valence-electron chi connectivity index (χ4n) is 3.39. The third-order valence-electron chi connectivity index (χ3n) is 5.29. The molecule has 0 aliphatic carbocycles. The Hall–Kier alpha value is -3.15. The predicted molar refractivity (Wildman–Crippen MR) is 129 cm³/mol. The van der Waals surface area contributed by atoms with E-state index in [0.29, 0.717) is 43.3 Å². The molecule has 1 aromatic carbocycles. The number of nitrogen functional groups attached to an aromatic ring is 1. The number of alkyl halides is 3. The molecule has 0 spiro atoms. The first-order valence-corrected chi connectivity index (χ1v) is 12.0. The van der Waals surface area contributed by atoms with Gasteiger partial charge in [-0.25, -0.2) is 0 Å². The number of nitrogens with one attached hydrogen (secondary N) is 1. The Morgan fingerprint density at radius 2 is 1.89 bits per heavy atom. The maximum Gasteiger partial charge on any atom is 0.416 e. The second-order valence-electron chi connectivity index (χ2n) is 8.49. The number of nitrogens with two attached hydrogens (primary N) is 2. The Kier molecular flexibility index (Phi) is 9.64. The lowest BCUT2D eigenvalue weighted by Gasteiger charge is -2.31. The van der Waals surface area contributed by atoms with Crippen molar-refractivity contribution in [1.29, 1.82) is 0 Å². The first-order chi connectivity index (χ1) is 16.4. The Morgan fingerprint density at radius 3 is 2.43 bits per heavy atom. The maximum atomic E-state index is 13.7. The molecule has 1 heterocycles. The number of carbonyl (C=O) groups excluding carboxylic acids is 3. The van der Waals surface area contributed by atoms with Gasteiger partial charge >= 0.3 is 6.18 Å². The molecule has 3 amide bonds. The SMILES string of the molecule is CCCC[C@@H](C(=O)NCCC(C)C)N(C(=O)c1snc(C(N)=O)c1N)c1cccc(C(F)(F)F)c1. The number of rotatable bonds is 11. The number of aromatic nitrogens is 1. The van der Waals surface area contributed by atoms with Crippen LogP contribution in [0.5, 0.6) is 0 Å². The lowest BCUT2D eigenvalue weighted by molar-refractivity contribution is -0.137. The maximum absolute atomic E-state index is 13.7. The average Bonchev–Trinajstić information content (AvgIpc) is 3.17. The molecule has 5 N–H and O–H groups in total. The third kappa shape index (κ3) is 7.17. The van der Waals surface area contributed by atoms with E-state index in [4.69, 9.17) is 11.5 Å². The van der Waals surface area contributed by atoms with Gasteiger partial charge in [0.1, 0.15) is 10.9 Å². The summed E-state index contributed by atoms with van der Waals surface area (Å²) in [6.07, 6.45) is -2.54. The van der Waals surface area contributed by atoms with Crippen molar-refractivity contribution in [2.24, 2.45) is 11.7 Å². The topological polar surface area (TPSA) is 131 Å². The number of carbonyl (C=O) groups is 3. The molecule has 0 saturated heterocycles. The fraction of sp³-hybridized carbons (Fsp3) is 0.478. The zero-order valence-electron chi connectivity index (χ0n) is 19.8. The number of halogens is 3. The zero-order chi connectivity index (χ0) is 26.3. The highest BCUT2D eigenvalue weighted by molar-refractivity contribution is 7.09. The van der Waals surface area contributed by atoms with Gasteiger partial charge in [0, 0.05) is 12.2 Å². The van der Waals surface area contributed by atoms with Crippen LogP contribution >= 0.6 is 11.5 Å². The molecule has 0 aliphatic heterocycles. The van der Waals surface area contributed by atoms with Crippen molar-refractivity contribution >= 4 is 40.6 Å². The Labute approximate surface area is 206 Å². The standard InChI is InChI=1S/C23H30F3N5O3S/c1-4-5-9-16(21(33)29-11-10-13(2)3)31(15-8-6-7-14(12-15)23(24,25)26)22(34)19-17(27)18(20(28)32)30-35-19/h6-8,12-13,16H,4-5,9-11,27H2,1-3H3,(H2,28,32)(H,29,33)/t16-/m0/s1. The van der Waals surface area contributed by atoms with Gasteiger partial charge in [-0.1, -0.05) is 39.7 Å². The minimum absolute atomic E-state index is 0.127. The summed E-state index contributed by atoms with van der Waals surface area (Å²) < 4.78 is 44.2. The highest BCUT2D eigenvalue weighted by Gasteiger charge is 2.36. The van der Waals surface area contributed by atoms with Crippen LogP contribution in [0, 0.1) is 5.92 Å². The molecule has 0 fully saturated rings. The van der Waals surface area contributed by atoms with E-state index in [1.165, 1.54) is 6.07 Å². The van der Waals surface area contributed by atoms with Gasteiger partial charge in [0.25, 0.3) is 11.8 Å². The molecule has 2 rings (SSSR count). The molecule has 8 nitrogen and oxygen atoms in total. The summed E-state index contributed by atoms with van der Waals surface area (Å²) in [7, 11) is 0. The fourth-order valence-corrected chi connectivity index (χ4v) is 4.13. The van der Waals surface area contributed by atoms with Gasteiger partial charge in [-0.05, 0) is 48.5 Å². The van der Waals surface area contributed by atoms with Crippen molar-refractivity contribution in [2.75, 3.05) is 17.2 Å². The van der Waals surface area contributed by atoms with E-state index >= 15 is 0 Å². The predicted octanol–water partition coefficient (Wildman–Crippen LogP) is 4.21. The number of anilines is 2. The summed E-state index contributed by atoms with van der Waals surface area (Å²) in [4.78, 5) is 39.3. The molecule has 0 radical (unpaired) electrons. The second-order valence-corrected chi connectivity index (χ2v) is 9.27. The lowest BCUT2D eigenvalue weighted by Crippen LogP contribution is -2.50. The highest BCUT2D eigenvalue weighted by Crippen LogP contribution is 2.34. The zero-order valence-corrected chi connectivity index (χ0v) is 20.6. The average molecular weight is 514 g/mol. The molecule has 0 aliphatic rings. The number of benzene rings is 1. The van der Waals surface area contributed by atoms with Crippen molar-refractivity contribution in [3.63, 3.8) is 0 Å². The van der Waals surface area contributed by atoms with Crippen molar-refractivity contribution in [3.05, 3.63) is 40.4 Å². The summed E-state index contributed by atoms with van der Waals surface area (Å²) >= 11 is 0.599. The molecule has 192 valence electrons. The summed E-state index contributed by atoms with van der Waals surface area (Å²) in [6.45, 7) is 6.22. The van der Waals surface area contributed by atoms with Crippen LogP contribution in [0.25, 0.3) is 0 Å². The van der Waals surface area contributed by atoms with Crippen LogP contribution < -0.4 is 21.7 Å². The van der Waals surface area contributed by atoms with Crippen molar-refractivity contribution in [2.45, 2.75) is 58.7 Å². The van der Waals surface area contributed by atoms with E-state index in [1.807, 2.05) is 20.8 Å². The van der Waals surface area contributed by atoms with E-state index in [2.05, 4.69) is 9.69 Å². The molecular formula is C23H30F3N5O3S. The van der Waals surface area contributed by atoms with Gasteiger partial charge in [0.05, 0.1) is 11.3 Å². The van der Waals surface area contributed by atoms with E-state index < -0.39 is 35.5 Å². The largest absolute Gasteiger partial charge is 0.416 e. The van der Waals surface area contributed by atoms with E-state index in [1.54, 1.807) is 0 Å². The van der Waals surface area contributed by atoms with Gasteiger partial charge in [-0.2, -0.15) is 17.5 Å². The molecule has 1 atom stereocenters. The van der Waals surface area contributed by atoms with Gasteiger partial charge < -0.3 is 16.8 Å². The van der Waals surface area contributed by atoms with Gasteiger partial charge in [0.2, 0.25) is 5.91 Å². The van der Waals surface area contributed by atoms with Crippen molar-refractivity contribution in [3.8, 4) is 0 Å². The van der Waals surface area contributed by atoms with E-state index in [0.717, 1.165) is 23.1 Å². The summed E-state index contributed by atoms with van der Waals surface area (Å²) in [5.74, 6) is -1.97. The van der Waals surface area contributed by atoms with E-state index in [9.17, 15) is 27.6 Å². The minimum atomic E-state index is -4.66. The number of primary amides is 1. The Morgan fingerprint density at radius 1 is 1.20 bits per heavy atom.